The molecule has 29 heavy (non-hydrogen) atoms. The van der Waals surface area contributed by atoms with E-state index >= 15 is 0 Å². The summed E-state index contributed by atoms with van der Waals surface area (Å²) in [6, 6.07) is 4.01. The van der Waals surface area contributed by atoms with Gasteiger partial charge in [-0.05, 0) is 51.3 Å². The van der Waals surface area contributed by atoms with Crippen molar-refractivity contribution in [1.29, 1.82) is 0 Å². The number of ether oxygens (including phenoxy) is 1. The summed E-state index contributed by atoms with van der Waals surface area (Å²) in [4.78, 5) is 25.4. The number of aromatic nitrogens is 2. The summed E-state index contributed by atoms with van der Waals surface area (Å²) >= 11 is 0. The molecular weight excluding hydrogens is 371 g/mol. The van der Waals surface area contributed by atoms with E-state index < -0.39 is 5.82 Å². The van der Waals surface area contributed by atoms with Crippen LogP contribution in [-0.4, -0.2) is 46.5 Å². The van der Waals surface area contributed by atoms with E-state index in [1.165, 1.54) is 24.5 Å². The van der Waals surface area contributed by atoms with Crippen LogP contribution in [0.1, 0.15) is 50.9 Å². The summed E-state index contributed by atoms with van der Waals surface area (Å²) in [6.45, 7) is 10.3. The van der Waals surface area contributed by atoms with Gasteiger partial charge in [0.2, 0.25) is 0 Å². The van der Waals surface area contributed by atoms with Crippen LogP contribution in [0.4, 0.5) is 10.2 Å². The Hall–Kier alpha value is -2.70. The first-order valence-corrected chi connectivity index (χ1v) is 10.3. The van der Waals surface area contributed by atoms with Crippen LogP contribution in [0.25, 0.3) is 0 Å². The fourth-order valence-corrected chi connectivity index (χ4v) is 3.75. The number of anilines is 1. The maximum atomic E-state index is 14.0. The van der Waals surface area contributed by atoms with Crippen molar-refractivity contribution in [1.82, 2.24) is 14.9 Å². The van der Waals surface area contributed by atoms with Crippen LogP contribution in [0.5, 0.6) is 11.5 Å². The summed E-state index contributed by atoms with van der Waals surface area (Å²) in [5, 5.41) is 0. The average Bonchev–Trinajstić information content (AvgIpc) is 3.19. The van der Waals surface area contributed by atoms with E-state index in [4.69, 9.17) is 4.74 Å². The Morgan fingerprint density at radius 2 is 2.14 bits per heavy atom. The highest BCUT2D eigenvalue weighted by molar-refractivity contribution is 5.97. The number of halogens is 1. The van der Waals surface area contributed by atoms with Gasteiger partial charge >= 0.3 is 0 Å². The fourth-order valence-electron chi connectivity index (χ4n) is 3.75. The molecule has 1 aromatic carbocycles. The smallest absolute Gasteiger partial charge is 0.257 e. The number of carbonyl (C=O) groups is 1. The molecular formula is C22H29FN4O2. The first kappa shape index (κ1) is 21.0. The van der Waals surface area contributed by atoms with Crippen molar-refractivity contribution in [2.45, 2.75) is 46.6 Å². The van der Waals surface area contributed by atoms with Crippen molar-refractivity contribution in [3.8, 4) is 11.5 Å². The van der Waals surface area contributed by atoms with Gasteiger partial charge in [0.25, 0.3) is 5.91 Å². The van der Waals surface area contributed by atoms with Gasteiger partial charge in [0.1, 0.15) is 17.9 Å². The first-order valence-electron chi connectivity index (χ1n) is 10.3. The molecule has 1 aliphatic rings. The maximum Gasteiger partial charge on any atom is 0.257 e. The second-order valence-electron chi connectivity index (χ2n) is 7.65. The Labute approximate surface area is 171 Å². The number of hydrogen-bond acceptors (Lipinski definition) is 5. The Kier molecular flexibility index (Phi) is 6.67. The number of benzene rings is 1. The molecule has 0 unspecified atom stereocenters. The van der Waals surface area contributed by atoms with Crippen molar-refractivity contribution in [2.24, 2.45) is 5.92 Å². The summed E-state index contributed by atoms with van der Waals surface area (Å²) in [5.74, 6) is 1.37. The zero-order chi connectivity index (χ0) is 21.0. The molecule has 156 valence electrons. The van der Waals surface area contributed by atoms with Gasteiger partial charge < -0.3 is 14.5 Å². The third-order valence-corrected chi connectivity index (χ3v) is 5.44. The van der Waals surface area contributed by atoms with Gasteiger partial charge in [-0.25, -0.2) is 14.4 Å². The quantitative estimate of drug-likeness (QED) is 0.684. The molecule has 2 heterocycles. The van der Waals surface area contributed by atoms with Crippen molar-refractivity contribution in [3.63, 3.8) is 0 Å². The normalized spacial score (nSPS) is 16.3. The predicted molar refractivity (Wildman–Crippen MR) is 111 cm³/mol. The molecule has 3 rings (SSSR count). The molecule has 1 amide bonds. The van der Waals surface area contributed by atoms with Crippen LogP contribution < -0.4 is 9.64 Å². The zero-order valence-corrected chi connectivity index (χ0v) is 17.6. The minimum atomic E-state index is -0.477. The highest BCUT2D eigenvalue weighted by Crippen LogP contribution is 2.35. The van der Waals surface area contributed by atoms with Crippen LogP contribution >= 0.6 is 0 Å². The SMILES string of the molecule is CC[C@@H]1CCN(c2ncncc2Oc2ccc(F)cc2C(=O)N(CC)C(C)C)C1. The van der Waals surface area contributed by atoms with E-state index in [2.05, 4.69) is 21.8 Å². The molecule has 0 N–H and O–H groups in total. The topological polar surface area (TPSA) is 58.6 Å². The van der Waals surface area contributed by atoms with Crippen LogP contribution in [0.2, 0.25) is 0 Å². The fraction of sp³-hybridized carbons (Fsp3) is 0.500. The second kappa shape index (κ2) is 9.20. The van der Waals surface area contributed by atoms with Crippen molar-refractivity contribution >= 4 is 11.7 Å². The molecule has 1 aromatic heterocycles. The second-order valence-corrected chi connectivity index (χ2v) is 7.65. The van der Waals surface area contributed by atoms with Gasteiger partial charge in [0.05, 0.1) is 11.8 Å². The van der Waals surface area contributed by atoms with Gasteiger partial charge in [0, 0.05) is 25.7 Å². The van der Waals surface area contributed by atoms with E-state index in [1.807, 2.05) is 20.8 Å². The van der Waals surface area contributed by atoms with Gasteiger partial charge in [-0.1, -0.05) is 13.3 Å². The van der Waals surface area contributed by atoms with Gasteiger partial charge in [-0.15, -0.1) is 0 Å². The first-order chi connectivity index (χ1) is 13.9. The van der Waals surface area contributed by atoms with E-state index in [9.17, 15) is 9.18 Å². The number of hydrogen-bond donors (Lipinski definition) is 0. The third kappa shape index (κ3) is 4.66. The third-order valence-electron chi connectivity index (χ3n) is 5.44. The Bertz CT molecular complexity index is 858. The molecule has 1 saturated heterocycles. The lowest BCUT2D eigenvalue weighted by molar-refractivity contribution is 0.0713. The summed E-state index contributed by atoms with van der Waals surface area (Å²) in [5.41, 5.74) is 0.197. The maximum absolute atomic E-state index is 14.0. The zero-order valence-electron chi connectivity index (χ0n) is 17.6. The number of amides is 1. The van der Waals surface area contributed by atoms with Crippen LogP contribution in [0, 0.1) is 11.7 Å². The number of rotatable bonds is 7. The summed E-state index contributed by atoms with van der Waals surface area (Å²) in [6.07, 6.45) is 5.32. The van der Waals surface area contributed by atoms with Gasteiger partial charge in [-0.2, -0.15) is 0 Å². The minimum Gasteiger partial charge on any atom is -0.451 e. The van der Waals surface area contributed by atoms with Crippen molar-refractivity contribution in [3.05, 3.63) is 42.1 Å². The Balaban J connectivity index is 1.93. The largest absolute Gasteiger partial charge is 0.451 e. The van der Waals surface area contributed by atoms with E-state index in [1.54, 1.807) is 11.1 Å². The van der Waals surface area contributed by atoms with Crippen LogP contribution in [-0.2, 0) is 0 Å². The lowest BCUT2D eigenvalue weighted by atomic mass is 10.1. The number of nitrogens with zero attached hydrogens (tertiary/aromatic N) is 4. The van der Waals surface area contributed by atoms with Crippen LogP contribution in [0.3, 0.4) is 0 Å². The number of carbonyl (C=O) groups excluding carboxylic acids is 1. The van der Waals surface area contributed by atoms with Crippen molar-refractivity contribution in [2.75, 3.05) is 24.5 Å². The van der Waals surface area contributed by atoms with E-state index in [0.29, 0.717) is 29.8 Å². The molecule has 1 aliphatic heterocycles. The van der Waals surface area contributed by atoms with Crippen molar-refractivity contribution < 1.29 is 13.9 Å². The standard InChI is InChI=1S/C22H29FN4O2/c1-5-16-9-10-26(13-16)21-20(12-24-14-25-21)29-19-8-7-17(23)11-18(19)22(28)27(6-2)15(3)4/h7-8,11-12,14-16H,5-6,9-10,13H2,1-4H3/t16-/m1/s1. The molecule has 6 nitrogen and oxygen atoms in total. The van der Waals surface area contributed by atoms with Gasteiger partial charge in [-0.3, -0.25) is 4.79 Å². The predicted octanol–water partition coefficient (Wildman–Crippen LogP) is 4.51. The summed E-state index contributed by atoms with van der Waals surface area (Å²) in [7, 11) is 0. The molecule has 1 fully saturated rings. The highest BCUT2D eigenvalue weighted by Gasteiger charge is 2.26. The van der Waals surface area contributed by atoms with Crippen LogP contribution in [0.15, 0.2) is 30.7 Å². The van der Waals surface area contributed by atoms with E-state index in [0.717, 1.165) is 25.9 Å². The highest BCUT2D eigenvalue weighted by atomic mass is 19.1. The molecule has 0 aliphatic carbocycles. The molecule has 0 saturated carbocycles. The Morgan fingerprint density at radius 3 is 2.79 bits per heavy atom. The molecule has 2 aromatic rings. The average molecular weight is 400 g/mol. The monoisotopic (exact) mass is 400 g/mol. The lowest BCUT2D eigenvalue weighted by Crippen LogP contribution is -2.36. The molecule has 0 spiro atoms. The molecule has 0 bridgehead atoms. The molecule has 7 heteroatoms. The lowest BCUT2D eigenvalue weighted by Gasteiger charge is -2.26. The van der Waals surface area contributed by atoms with E-state index in [-0.39, 0.29) is 17.5 Å². The minimum absolute atomic E-state index is 0.00480. The Morgan fingerprint density at radius 1 is 1.34 bits per heavy atom. The summed E-state index contributed by atoms with van der Waals surface area (Å²) < 4.78 is 20.1. The molecule has 1 atom stereocenters. The van der Waals surface area contributed by atoms with Gasteiger partial charge in [0.15, 0.2) is 11.6 Å². The molecule has 0 radical (unpaired) electrons.